The molecule has 0 atom stereocenters. The van der Waals surface area contributed by atoms with E-state index in [4.69, 9.17) is 16.9 Å². The molecule has 0 heterocycles. The number of benzene rings is 3. The van der Waals surface area contributed by atoms with Crippen molar-refractivity contribution in [2.24, 2.45) is 0 Å². The molecule has 0 saturated carbocycles. The van der Waals surface area contributed by atoms with Gasteiger partial charge in [0.15, 0.2) is 0 Å². The zero-order valence-corrected chi connectivity index (χ0v) is 16.9. The molecule has 0 aliphatic heterocycles. The Morgan fingerprint density at radius 1 is 1.03 bits per heavy atom. The fraction of sp³-hybridized carbons (Fsp3) is 0.0476. The van der Waals surface area contributed by atoms with E-state index in [0.29, 0.717) is 16.9 Å². The summed E-state index contributed by atoms with van der Waals surface area (Å²) in [7, 11) is -2.28. The maximum atomic E-state index is 12.8. The number of hydrogen-bond acceptors (Lipinski definition) is 4. The van der Waals surface area contributed by atoms with Gasteiger partial charge in [0.05, 0.1) is 21.2 Å². The van der Waals surface area contributed by atoms with Crippen LogP contribution in [0.25, 0.3) is 0 Å². The molecule has 0 aromatic heterocycles. The van der Waals surface area contributed by atoms with Gasteiger partial charge >= 0.3 is 0 Å². The van der Waals surface area contributed by atoms with Crippen LogP contribution in [0, 0.1) is 11.3 Å². The minimum atomic E-state index is -3.75. The quantitative estimate of drug-likeness (QED) is 0.660. The number of nitrogens with one attached hydrogen (secondary N) is 1. The van der Waals surface area contributed by atoms with Gasteiger partial charge in [0.2, 0.25) is 0 Å². The van der Waals surface area contributed by atoms with E-state index in [-0.39, 0.29) is 15.5 Å². The normalized spacial score (nSPS) is 10.8. The van der Waals surface area contributed by atoms with Crippen molar-refractivity contribution in [1.29, 1.82) is 5.26 Å². The van der Waals surface area contributed by atoms with Crippen LogP contribution in [-0.2, 0) is 10.0 Å². The molecule has 0 aliphatic carbocycles. The smallest absolute Gasteiger partial charge is 0.264 e. The summed E-state index contributed by atoms with van der Waals surface area (Å²) in [5.74, 6) is -0.425. The Bertz CT molecular complexity index is 1190. The van der Waals surface area contributed by atoms with E-state index in [1.165, 1.54) is 47.8 Å². The highest BCUT2D eigenvalue weighted by Crippen LogP contribution is 2.23. The molecule has 0 radical (unpaired) electrons. The number of carbonyl (C=O) groups excluding carboxylic acids is 1. The number of hydrogen-bond donors (Lipinski definition) is 1. The molecule has 3 aromatic carbocycles. The van der Waals surface area contributed by atoms with Crippen LogP contribution in [0.1, 0.15) is 15.9 Å². The van der Waals surface area contributed by atoms with Crippen LogP contribution in [0.4, 0.5) is 11.4 Å². The molecular formula is C21H16ClN3O3S. The Hall–Kier alpha value is -3.34. The van der Waals surface area contributed by atoms with Gasteiger partial charge in [-0.05, 0) is 54.6 Å². The van der Waals surface area contributed by atoms with Crippen molar-refractivity contribution in [3.05, 3.63) is 88.9 Å². The lowest BCUT2D eigenvalue weighted by atomic mass is 10.2. The third-order valence-corrected chi connectivity index (χ3v) is 6.35. The first kappa shape index (κ1) is 20.4. The van der Waals surface area contributed by atoms with Crippen LogP contribution in [0.3, 0.4) is 0 Å². The Balaban J connectivity index is 1.78. The summed E-state index contributed by atoms with van der Waals surface area (Å²) < 4.78 is 26.8. The molecule has 0 spiro atoms. The molecule has 0 aliphatic rings. The molecule has 3 rings (SSSR count). The monoisotopic (exact) mass is 425 g/mol. The second kappa shape index (κ2) is 8.35. The molecule has 6 nitrogen and oxygen atoms in total. The maximum Gasteiger partial charge on any atom is 0.264 e. The number of para-hydroxylation sites is 1. The molecule has 0 unspecified atom stereocenters. The van der Waals surface area contributed by atoms with Crippen LogP contribution in [0.15, 0.2) is 77.7 Å². The highest BCUT2D eigenvalue weighted by atomic mass is 35.5. The maximum absolute atomic E-state index is 12.8. The first-order valence-corrected chi connectivity index (χ1v) is 10.3. The van der Waals surface area contributed by atoms with Crippen molar-refractivity contribution in [3.8, 4) is 6.07 Å². The summed E-state index contributed by atoms with van der Waals surface area (Å²) in [6.07, 6.45) is 0. The number of nitriles is 1. The van der Waals surface area contributed by atoms with Crippen LogP contribution in [0.2, 0.25) is 5.02 Å². The SMILES string of the molecule is CN(c1ccccc1)S(=O)(=O)c1ccc(C(=O)Nc2ccc(C#N)c(Cl)c2)cc1. The van der Waals surface area contributed by atoms with Gasteiger partial charge in [-0.15, -0.1) is 0 Å². The molecule has 3 aromatic rings. The minimum absolute atomic E-state index is 0.0711. The van der Waals surface area contributed by atoms with Gasteiger partial charge in [-0.3, -0.25) is 9.10 Å². The van der Waals surface area contributed by atoms with Gasteiger partial charge in [0.1, 0.15) is 6.07 Å². The summed E-state index contributed by atoms with van der Waals surface area (Å²) in [6, 6.07) is 20.8. The summed E-state index contributed by atoms with van der Waals surface area (Å²) in [5.41, 5.74) is 1.56. The van der Waals surface area contributed by atoms with Crippen molar-refractivity contribution < 1.29 is 13.2 Å². The molecule has 8 heteroatoms. The summed E-state index contributed by atoms with van der Waals surface area (Å²) >= 11 is 5.96. The number of sulfonamides is 1. The Morgan fingerprint density at radius 2 is 1.69 bits per heavy atom. The van der Waals surface area contributed by atoms with E-state index in [2.05, 4.69) is 5.32 Å². The van der Waals surface area contributed by atoms with E-state index < -0.39 is 15.9 Å². The van der Waals surface area contributed by atoms with Crippen molar-refractivity contribution >= 4 is 38.9 Å². The second-order valence-corrected chi connectivity index (χ2v) is 8.47. The van der Waals surface area contributed by atoms with Crippen LogP contribution >= 0.6 is 11.6 Å². The van der Waals surface area contributed by atoms with Gasteiger partial charge in [-0.1, -0.05) is 29.8 Å². The Labute approximate surface area is 174 Å². The van der Waals surface area contributed by atoms with Crippen molar-refractivity contribution in [3.63, 3.8) is 0 Å². The standard InChI is InChI=1S/C21H16ClN3O3S/c1-25(18-5-3-2-4-6-18)29(27,28)19-11-8-15(9-12-19)21(26)24-17-10-7-16(14-23)20(22)13-17/h2-13H,1H3,(H,24,26). The molecule has 146 valence electrons. The zero-order valence-electron chi connectivity index (χ0n) is 15.3. The number of carbonyl (C=O) groups is 1. The van der Waals surface area contributed by atoms with Crippen molar-refractivity contribution in [2.75, 3.05) is 16.7 Å². The van der Waals surface area contributed by atoms with E-state index >= 15 is 0 Å². The summed E-state index contributed by atoms with van der Waals surface area (Å²) in [4.78, 5) is 12.5. The van der Waals surface area contributed by atoms with E-state index in [0.717, 1.165) is 0 Å². The molecule has 1 amide bonds. The molecule has 1 N–H and O–H groups in total. The number of amides is 1. The molecule has 29 heavy (non-hydrogen) atoms. The van der Waals surface area contributed by atoms with Crippen molar-refractivity contribution in [1.82, 2.24) is 0 Å². The first-order valence-electron chi connectivity index (χ1n) is 8.48. The van der Waals surface area contributed by atoms with E-state index in [9.17, 15) is 13.2 Å². The Kier molecular flexibility index (Phi) is 5.87. The highest BCUT2D eigenvalue weighted by molar-refractivity contribution is 7.92. The predicted molar refractivity (Wildman–Crippen MR) is 113 cm³/mol. The third-order valence-electron chi connectivity index (χ3n) is 4.24. The van der Waals surface area contributed by atoms with Crippen molar-refractivity contribution in [2.45, 2.75) is 4.90 Å². The third kappa shape index (κ3) is 4.40. The van der Waals surface area contributed by atoms with Crippen LogP contribution in [-0.4, -0.2) is 21.4 Å². The summed E-state index contributed by atoms with van der Waals surface area (Å²) in [6.45, 7) is 0. The number of rotatable bonds is 5. The highest BCUT2D eigenvalue weighted by Gasteiger charge is 2.21. The molecular weight excluding hydrogens is 410 g/mol. The van der Waals surface area contributed by atoms with Gasteiger partial charge in [0, 0.05) is 18.3 Å². The first-order chi connectivity index (χ1) is 13.8. The van der Waals surface area contributed by atoms with E-state index in [1.54, 1.807) is 36.4 Å². The fourth-order valence-corrected chi connectivity index (χ4v) is 4.02. The zero-order chi connectivity index (χ0) is 21.0. The van der Waals surface area contributed by atoms with E-state index in [1.807, 2.05) is 6.07 Å². The average Bonchev–Trinajstić information content (AvgIpc) is 2.74. The fourth-order valence-electron chi connectivity index (χ4n) is 2.60. The van der Waals surface area contributed by atoms with Crippen LogP contribution in [0.5, 0.6) is 0 Å². The lowest BCUT2D eigenvalue weighted by Gasteiger charge is -2.19. The lowest BCUT2D eigenvalue weighted by molar-refractivity contribution is 0.102. The molecule has 0 bridgehead atoms. The van der Waals surface area contributed by atoms with Gasteiger partial charge in [-0.25, -0.2) is 8.42 Å². The largest absolute Gasteiger partial charge is 0.322 e. The number of halogens is 1. The number of nitrogens with zero attached hydrogens (tertiary/aromatic N) is 2. The van der Waals surface area contributed by atoms with Gasteiger partial charge in [0.25, 0.3) is 15.9 Å². The predicted octanol–water partition coefficient (Wildman–Crippen LogP) is 4.29. The summed E-state index contributed by atoms with van der Waals surface area (Å²) in [5, 5.41) is 11.8. The van der Waals surface area contributed by atoms with Gasteiger partial charge < -0.3 is 5.32 Å². The second-order valence-electron chi connectivity index (χ2n) is 6.09. The topological polar surface area (TPSA) is 90.3 Å². The Morgan fingerprint density at radius 3 is 2.28 bits per heavy atom. The lowest BCUT2D eigenvalue weighted by Crippen LogP contribution is -2.26. The molecule has 0 fully saturated rings. The number of anilines is 2. The molecule has 0 saturated heterocycles. The van der Waals surface area contributed by atoms with Gasteiger partial charge in [-0.2, -0.15) is 5.26 Å². The average molecular weight is 426 g/mol. The minimum Gasteiger partial charge on any atom is -0.322 e. The van der Waals surface area contributed by atoms with Crippen LogP contribution < -0.4 is 9.62 Å².